The topological polar surface area (TPSA) is 58.6 Å². The number of rotatable bonds is 5. The highest BCUT2D eigenvalue weighted by Gasteiger charge is 2.36. The van der Waals surface area contributed by atoms with Gasteiger partial charge < -0.3 is 15.2 Å². The van der Waals surface area contributed by atoms with Crippen molar-refractivity contribution in [1.29, 1.82) is 0 Å². The molecule has 4 heteroatoms. The second-order valence-electron chi connectivity index (χ2n) is 6.82. The van der Waals surface area contributed by atoms with Gasteiger partial charge in [-0.25, -0.2) is 0 Å². The monoisotopic (exact) mass is 297 g/mol. The predicted octanol–water partition coefficient (Wildman–Crippen LogP) is 2.78. The number of hydrogen-bond donors (Lipinski definition) is 2. The largest absolute Gasteiger partial charge is 0.466 e. The summed E-state index contributed by atoms with van der Waals surface area (Å²) in [5, 5.41) is 14.3. The van der Waals surface area contributed by atoms with Crippen LogP contribution in [-0.4, -0.2) is 35.9 Å². The molecule has 2 aliphatic rings. The van der Waals surface area contributed by atoms with Gasteiger partial charge in [-0.05, 0) is 45.4 Å². The van der Waals surface area contributed by atoms with Crippen LogP contribution in [0.25, 0.3) is 0 Å². The summed E-state index contributed by atoms with van der Waals surface area (Å²) in [5.41, 5.74) is -0.630. The van der Waals surface area contributed by atoms with E-state index in [2.05, 4.69) is 5.32 Å². The van der Waals surface area contributed by atoms with Crippen LogP contribution in [0.5, 0.6) is 0 Å². The highest BCUT2D eigenvalue weighted by atomic mass is 16.5. The van der Waals surface area contributed by atoms with E-state index < -0.39 is 5.60 Å². The maximum Gasteiger partial charge on any atom is 0.308 e. The molecule has 0 aromatic carbocycles. The van der Waals surface area contributed by atoms with Crippen LogP contribution in [0.2, 0.25) is 0 Å². The van der Waals surface area contributed by atoms with Crippen LogP contribution in [0.4, 0.5) is 0 Å². The van der Waals surface area contributed by atoms with Gasteiger partial charge in [-0.3, -0.25) is 4.79 Å². The molecule has 0 heterocycles. The number of carbonyl (C=O) groups excluding carboxylic acids is 1. The molecule has 0 bridgehead atoms. The van der Waals surface area contributed by atoms with E-state index in [-0.39, 0.29) is 11.9 Å². The van der Waals surface area contributed by atoms with Gasteiger partial charge >= 0.3 is 5.97 Å². The molecule has 0 aromatic heterocycles. The van der Waals surface area contributed by atoms with E-state index in [9.17, 15) is 9.90 Å². The summed E-state index contributed by atoms with van der Waals surface area (Å²) in [6, 6.07) is 0.569. The quantitative estimate of drug-likeness (QED) is 0.605. The molecule has 0 amide bonds. The summed E-state index contributed by atoms with van der Waals surface area (Å²) < 4.78 is 5.08. The minimum atomic E-state index is -0.630. The fourth-order valence-corrected chi connectivity index (χ4v) is 3.65. The molecule has 0 saturated heterocycles. The number of nitrogens with one attached hydrogen (secondary N) is 1. The lowest BCUT2D eigenvalue weighted by molar-refractivity contribution is -0.151. The van der Waals surface area contributed by atoms with Gasteiger partial charge in [-0.15, -0.1) is 0 Å². The minimum Gasteiger partial charge on any atom is -0.466 e. The molecule has 0 atom stereocenters. The number of ether oxygens (including phenoxy) is 1. The minimum absolute atomic E-state index is 0.0110. The molecule has 2 N–H and O–H groups in total. The van der Waals surface area contributed by atoms with Crippen LogP contribution in [0.1, 0.15) is 71.1 Å². The summed E-state index contributed by atoms with van der Waals surface area (Å²) in [5.74, 6) is -0.0978. The maximum absolute atomic E-state index is 11.7. The Morgan fingerprint density at radius 1 is 1.14 bits per heavy atom. The SMILES string of the molecule is CCOC(=O)C1CCC(O)(CNC2CCCCCC2)CC1. The Morgan fingerprint density at radius 3 is 2.33 bits per heavy atom. The van der Waals surface area contributed by atoms with Crippen molar-refractivity contribution in [2.75, 3.05) is 13.2 Å². The van der Waals surface area contributed by atoms with E-state index >= 15 is 0 Å². The van der Waals surface area contributed by atoms with Crippen LogP contribution >= 0.6 is 0 Å². The molecule has 0 unspecified atom stereocenters. The third-order valence-electron chi connectivity index (χ3n) is 5.11. The molecule has 2 rings (SSSR count). The molecule has 122 valence electrons. The van der Waals surface area contributed by atoms with E-state index in [1.165, 1.54) is 38.5 Å². The van der Waals surface area contributed by atoms with E-state index in [0.29, 0.717) is 32.0 Å². The Hall–Kier alpha value is -0.610. The molecule has 0 aliphatic heterocycles. The summed E-state index contributed by atoms with van der Waals surface area (Å²) in [6.07, 6.45) is 10.7. The second-order valence-corrected chi connectivity index (χ2v) is 6.82. The Balaban J connectivity index is 1.72. The van der Waals surface area contributed by atoms with Gasteiger partial charge in [0.1, 0.15) is 0 Å². The summed E-state index contributed by atoms with van der Waals surface area (Å²) in [7, 11) is 0. The Morgan fingerprint density at radius 2 is 1.76 bits per heavy atom. The molecular formula is C17H31NO3. The van der Waals surface area contributed by atoms with Gasteiger partial charge in [0.2, 0.25) is 0 Å². The van der Waals surface area contributed by atoms with Gasteiger partial charge in [0.25, 0.3) is 0 Å². The lowest BCUT2D eigenvalue weighted by Crippen LogP contribution is -2.47. The van der Waals surface area contributed by atoms with Gasteiger partial charge in [0, 0.05) is 12.6 Å². The summed E-state index contributed by atoms with van der Waals surface area (Å²) in [6.45, 7) is 2.96. The van der Waals surface area contributed by atoms with Crippen LogP contribution in [-0.2, 0) is 9.53 Å². The lowest BCUT2D eigenvalue weighted by Gasteiger charge is -2.36. The van der Waals surface area contributed by atoms with Gasteiger partial charge in [0.05, 0.1) is 18.1 Å². The lowest BCUT2D eigenvalue weighted by atomic mass is 9.78. The highest BCUT2D eigenvalue weighted by Crippen LogP contribution is 2.32. The molecule has 0 spiro atoms. The van der Waals surface area contributed by atoms with Crippen molar-refractivity contribution in [3.05, 3.63) is 0 Å². The van der Waals surface area contributed by atoms with E-state index in [1.807, 2.05) is 6.92 Å². The van der Waals surface area contributed by atoms with Crippen molar-refractivity contribution in [2.45, 2.75) is 82.8 Å². The first-order valence-corrected chi connectivity index (χ1v) is 8.75. The fourth-order valence-electron chi connectivity index (χ4n) is 3.65. The summed E-state index contributed by atoms with van der Waals surface area (Å²) in [4.78, 5) is 11.7. The number of carbonyl (C=O) groups is 1. The van der Waals surface area contributed by atoms with Crippen molar-refractivity contribution in [1.82, 2.24) is 5.32 Å². The zero-order chi connectivity index (χ0) is 15.1. The van der Waals surface area contributed by atoms with Crippen molar-refractivity contribution in [2.24, 2.45) is 5.92 Å². The number of esters is 1. The molecule has 2 aliphatic carbocycles. The zero-order valence-electron chi connectivity index (χ0n) is 13.4. The van der Waals surface area contributed by atoms with E-state index in [0.717, 1.165) is 12.8 Å². The number of aliphatic hydroxyl groups is 1. The molecule has 21 heavy (non-hydrogen) atoms. The van der Waals surface area contributed by atoms with Crippen molar-refractivity contribution in [3.63, 3.8) is 0 Å². The van der Waals surface area contributed by atoms with E-state index in [1.54, 1.807) is 0 Å². The molecular weight excluding hydrogens is 266 g/mol. The Labute approximate surface area is 128 Å². The maximum atomic E-state index is 11.7. The predicted molar refractivity (Wildman–Crippen MR) is 83.0 cm³/mol. The van der Waals surface area contributed by atoms with Crippen LogP contribution in [0.15, 0.2) is 0 Å². The third kappa shape index (κ3) is 5.26. The van der Waals surface area contributed by atoms with Crippen molar-refractivity contribution < 1.29 is 14.6 Å². The molecule has 0 radical (unpaired) electrons. The Kier molecular flexibility index (Phi) is 6.49. The Bertz CT molecular complexity index is 316. The average molecular weight is 297 g/mol. The molecule has 4 nitrogen and oxygen atoms in total. The second kappa shape index (κ2) is 8.14. The van der Waals surface area contributed by atoms with Gasteiger partial charge in [0.15, 0.2) is 0 Å². The zero-order valence-corrected chi connectivity index (χ0v) is 13.4. The smallest absolute Gasteiger partial charge is 0.308 e. The average Bonchev–Trinajstić information content (AvgIpc) is 2.75. The molecule has 2 saturated carbocycles. The highest BCUT2D eigenvalue weighted by molar-refractivity contribution is 5.72. The van der Waals surface area contributed by atoms with Crippen LogP contribution in [0.3, 0.4) is 0 Å². The summed E-state index contributed by atoms with van der Waals surface area (Å²) >= 11 is 0. The number of hydrogen-bond acceptors (Lipinski definition) is 4. The normalized spacial score (nSPS) is 31.6. The molecule has 0 aromatic rings. The first kappa shape index (κ1) is 16.8. The first-order chi connectivity index (χ1) is 10.1. The fraction of sp³-hybridized carbons (Fsp3) is 0.941. The van der Waals surface area contributed by atoms with Gasteiger partial charge in [-0.1, -0.05) is 25.7 Å². The van der Waals surface area contributed by atoms with Crippen molar-refractivity contribution in [3.8, 4) is 0 Å². The van der Waals surface area contributed by atoms with Crippen molar-refractivity contribution >= 4 is 5.97 Å². The standard InChI is InChI=1S/C17H31NO3/c1-2-21-16(19)14-9-11-17(20,12-10-14)13-18-15-7-5-3-4-6-8-15/h14-15,18,20H,2-13H2,1H3. The third-order valence-corrected chi connectivity index (χ3v) is 5.11. The van der Waals surface area contributed by atoms with Gasteiger partial charge in [-0.2, -0.15) is 0 Å². The van der Waals surface area contributed by atoms with Crippen LogP contribution < -0.4 is 5.32 Å². The van der Waals surface area contributed by atoms with E-state index in [4.69, 9.17) is 4.74 Å². The first-order valence-electron chi connectivity index (χ1n) is 8.75. The van der Waals surface area contributed by atoms with Crippen LogP contribution in [0, 0.1) is 5.92 Å². The molecule has 2 fully saturated rings.